The van der Waals surface area contributed by atoms with Gasteiger partial charge in [-0.25, -0.2) is 4.39 Å². The van der Waals surface area contributed by atoms with Crippen molar-refractivity contribution in [1.82, 2.24) is 0 Å². The molecule has 2 atom stereocenters. The number of allylic oxidation sites excluding steroid dienone is 2. The van der Waals surface area contributed by atoms with Crippen LogP contribution in [0.4, 0.5) is 4.39 Å². The van der Waals surface area contributed by atoms with Crippen molar-refractivity contribution in [3.05, 3.63) is 35.9 Å². The predicted octanol–water partition coefficient (Wildman–Crippen LogP) is 5.65. The number of hydrogen-bond acceptors (Lipinski definition) is 3. The van der Waals surface area contributed by atoms with Crippen LogP contribution in [0.15, 0.2) is 34.9 Å². The molecule has 2 rings (SSSR count). The van der Waals surface area contributed by atoms with Crippen molar-refractivity contribution < 1.29 is 17.8 Å². The first-order chi connectivity index (χ1) is 12.0. The lowest BCUT2D eigenvalue weighted by Crippen LogP contribution is -2.40. The van der Waals surface area contributed by atoms with Crippen LogP contribution in [-0.2, 0) is 15.2 Å². The van der Waals surface area contributed by atoms with E-state index >= 15 is 0 Å². The first-order valence-corrected chi connectivity index (χ1v) is 13.6. The van der Waals surface area contributed by atoms with Gasteiger partial charge in [0.1, 0.15) is 0 Å². The molecule has 1 aromatic carbocycles. The van der Waals surface area contributed by atoms with Gasteiger partial charge in [0.2, 0.25) is 8.32 Å². The number of ether oxygens (including phenoxy) is 1. The van der Waals surface area contributed by atoms with Crippen LogP contribution in [0.5, 0.6) is 5.75 Å². The molecule has 0 aliphatic heterocycles. The van der Waals surface area contributed by atoms with Gasteiger partial charge < -0.3 is 9.16 Å². The molecular formula is C20H31FO3SSi. The molecule has 0 bridgehead atoms. The normalized spacial score (nSPS) is 19.7. The van der Waals surface area contributed by atoms with E-state index in [1.54, 1.807) is 12.1 Å². The molecular weight excluding hydrogens is 367 g/mol. The number of benzene rings is 1. The number of hydrogen-bond donors (Lipinski definition) is 0. The largest absolute Gasteiger partial charge is 0.547 e. The lowest BCUT2D eigenvalue weighted by Gasteiger charge is -2.38. The summed E-state index contributed by atoms with van der Waals surface area (Å²) in [6, 6.07) is 4.51. The molecule has 1 aromatic rings. The summed E-state index contributed by atoms with van der Waals surface area (Å²) in [5.74, 6) is 1.24. The molecule has 1 aliphatic rings. The zero-order valence-electron chi connectivity index (χ0n) is 16.7. The van der Waals surface area contributed by atoms with Crippen molar-refractivity contribution in [2.75, 3.05) is 12.9 Å². The van der Waals surface area contributed by atoms with E-state index in [0.29, 0.717) is 17.4 Å². The number of rotatable bonds is 6. The average molecular weight is 399 g/mol. The molecule has 0 saturated heterocycles. The van der Waals surface area contributed by atoms with Gasteiger partial charge in [-0.1, -0.05) is 20.8 Å². The van der Waals surface area contributed by atoms with Gasteiger partial charge >= 0.3 is 0 Å². The molecule has 6 heteroatoms. The third-order valence-corrected chi connectivity index (χ3v) is 10.7. The van der Waals surface area contributed by atoms with Crippen LogP contribution in [0.3, 0.4) is 0 Å². The first-order valence-electron chi connectivity index (χ1n) is 9.13. The van der Waals surface area contributed by atoms with E-state index in [1.165, 1.54) is 12.3 Å². The highest BCUT2D eigenvalue weighted by Crippen LogP contribution is 2.39. The van der Waals surface area contributed by atoms with Crippen molar-refractivity contribution in [2.24, 2.45) is 5.92 Å². The predicted molar refractivity (Wildman–Crippen MR) is 108 cm³/mol. The quantitative estimate of drug-likeness (QED) is 0.581. The molecule has 0 aromatic heterocycles. The van der Waals surface area contributed by atoms with E-state index in [-0.39, 0.29) is 10.8 Å². The van der Waals surface area contributed by atoms with Crippen LogP contribution >= 0.6 is 0 Å². The fraction of sp³-hybridized carbons (Fsp3) is 0.600. The third kappa shape index (κ3) is 5.43. The maximum atomic E-state index is 14.0. The molecule has 2 unspecified atom stereocenters. The molecule has 0 N–H and O–H groups in total. The summed E-state index contributed by atoms with van der Waals surface area (Å²) in [4.78, 5) is 0.475. The van der Waals surface area contributed by atoms with Crippen LogP contribution in [0.1, 0.15) is 40.0 Å². The molecule has 0 radical (unpaired) electrons. The Morgan fingerprint density at radius 3 is 2.50 bits per heavy atom. The minimum atomic E-state index is -1.78. The summed E-state index contributed by atoms with van der Waals surface area (Å²) < 4.78 is 37.5. The average Bonchev–Trinajstić information content (AvgIpc) is 2.53. The number of halogens is 1. The van der Waals surface area contributed by atoms with Crippen molar-refractivity contribution in [3.8, 4) is 5.75 Å². The minimum absolute atomic E-state index is 0.194. The van der Waals surface area contributed by atoms with E-state index in [4.69, 9.17) is 9.16 Å². The van der Waals surface area contributed by atoms with Gasteiger partial charge in [0.15, 0.2) is 11.6 Å². The van der Waals surface area contributed by atoms with Gasteiger partial charge in [-0.3, -0.25) is 4.21 Å². The van der Waals surface area contributed by atoms with Crippen LogP contribution < -0.4 is 4.74 Å². The van der Waals surface area contributed by atoms with E-state index in [9.17, 15) is 8.60 Å². The Bertz CT molecular complexity index is 695. The summed E-state index contributed by atoms with van der Waals surface area (Å²) in [5, 5.41) is 0.194. The molecule has 26 heavy (non-hydrogen) atoms. The zero-order chi connectivity index (χ0) is 19.5. The van der Waals surface area contributed by atoms with E-state index in [0.717, 1.165) is 25.0 Å². The maximum absolute atomic E-state index is 14.0. The Morgan fingerprint density at radius 1 is 1.31 bits per heavy atom. The van der Waals surface area contributed by atoms with Gasteiger partial charge in [-0.15, -0.1) is 0 Å². The van der Waals surface area contributed by atoms with E-state index < -0.39 is 24.9 Å². The van der Waals surface area contributed by atoms with Crippen molar-refractivity contribution in [3.63, 3.8) is 0 Å². The van der Waals surface area contributed by atoms with Crippen LogP contribution in [0, 0.1) is 11.7 Å². The lowest BCUT2D eigenvalue weighted by molar-refractivity contribution is 0.217. The maximum Gasteiger partial charge on any atom is 0.250 e. The standard InChI is InChI=1S/C20H31FO3SSi/c1-20(2,3)26(5,6)24-16-9-7-15(8-10-16)14-23-19-12-11-17(25(4)22)13-18(19)21/h9,11-13,15H,7-8,10,14H2,1-6H3. The molecule has 0 saturated carbocycles. The van der Waals surface area contributed by atoms with Crippen molar-refractivity contribution >= 4 is 19.1 Å². The lowest BCUT2D eigenvalue weighted by atomic mass is 9.94. The summed E-state index contributed by atoms with van der Waals surface area (Å²) >= 11 is 0. The fourth-order valence-electron chi connectivity index (χ4n) is 2.57. The second kappa shape index (κ2) is 8.25. The topological polar surface area (TPSA) is 35.5 Å². The van der Waals surface area contributed by atoms with Gasteiger partial charge in [0.05, 0.1) is 12.4 Å². The Labute approximate surface area is 160 Å². The molecule has 0 heterocycles. The van der Waals surface area contributed by atoms with Gasteiger partial charge in [0.25, 0.3) is 0 Å². The summed E-state index contributed by atoms with van der Waals surface area (Å²) in [6.45, 7) is 11.7. The fourth-order valence-corrected chi connectivity index (χ4v) is 4.25. The highest BCUT2D eigenvalue weighted by atomic mass is 32.2. The van der Waals surface area contributed by atoms with Gasteiger partial charge in [-0.2, -0.15) is 0 Å². The van der Waals surface area contributed by atoms with Crippen LogP contribution in [0.25, 0.3) is 0 Å². The third-order valence-electron chi connectivity index (χ3n) is 5.38. The highest BCUT2D eigenvalue weighted by Gasteiger charge is 2.39. The minimum Gasteiger partial charge on any atom is -0.547 e. The van der Waals surface area contributed by atoms with Gasteiger partial charge in [0, 0.05) is 28.4 Å². The Hall–Kier alpha value is -1.14. The van der Waals surface area contributed by atoms with Crippen molar-refractivity contribution in [2.45, 2.75) is 63.1 Å². The SMILES string of the molecule is CS(=O)c1ccc(OCC2CC=C(O[Si](C)(C)C(C)(C)C)CC2)c(F)c1. The van der Waals surface area contributed by atoms with Crippen molar-refractivity contribution in [1.29, 1.82) is 0 Å². The molecule has 3 nitrogen and oxygen atoms in total. The van der Waals surface area contributed by atoms with Crippen LogP contribution in [-0.4, -0.2) is 25.4 Å². The molecule has 146 valence electrons. The highest BCUT2D eigenvalue weighted by molar-refractivity contribution is 7.84. The molecule has 0 spiro atoms. The molecule has 0 amide bonds. The first kappa shape index (κ1) is 21.2. The second-order valence-corrected chi connectivity index (χ2v) is 14.6. The zero-order valence-corrected chi connectivity index (χ0v) is 18.5. The Morgan fingerprint density at radius 2 is 2.00 bits per heavy atom. The van der Waals surface area contributed by atoms with E-state index in [2.05, 4.69) is 39.9 Å². The molecule has 0 fully saturated rings. The molecule has 1 aliphatic carbocycles. The summed E-state index contributed by atoms with van der Waals surface area (Å²) in [7, 11) is -2.97. The summed E-state index contributed by atoms with van der Waals surface area (Å²) in [5.41, 5.74) is 0. The summed E-state index contributed by atoms with van der Waals surface area (Å²) in [6.07, 6.45) is 6.50. The monoisotopic (exact) mass is 398 g/mol. The van der Waals surface area contributed by atoms with Crippen LogP contribution in [0.2, 0.25) is 18.1 Å². The Kier molecular flexibility index (Phi) is 6.72. The second-order valence-electron chi connectivity index (χ2n) is 8.53. The van der Waals surface area contributed by atoms with Gasteiger partial charge in [-0.05, 0) is 61.2 Å². The van der Waals surface area contributed by atoms with E-state index in [1.807, 2.05) is 0 Å². The smallest absolute Gasteiger partial charge is 0.250 e. The Balaban J connectivity index is 1.89.